The highest BCUT2D eigenvalue weighted by Crippen LogP contribution is 2.08. The van der Waals surface area contributed by atoms with Crippen LogP contribution in [0.5, 0.6) is 0 Å². The molecule has 0 aromatic heterocycles. The van der Waals surface area contributed by atoms with E-state index in [1.807, 2.05) is 20.8 Å². The third-order valence-corrected chi connectivity index (χ3v) is 4.13. The molecule has 230 valence electrons. The maximum absolute atomic E-state index is 11.5. The van der Waals surface area contributed by atoms with E-state index in [-0.39, 0.29) is 19.0 Å². The number of aliphatic carboxylic acids is 1. The van der Waals surface area contributed by atoms with Gasteiger partial charge < -0.3 is 53.1 Å². The summed E-state index contributed by atoms with van der Waals surface area (Å²) in [5, 5.41) is 10.9. The van der Waals surface area contributed by atoms with Gasteiger partial charge in [0, 0.05) is 6.54 Å². The third-order valence-electron chi connectivity index (χ3n) is 4.13. The summed E-state index contributed by atoms with van der Waals surface area (Å²) in [5.74, 6) is -1.80. The zero-order chi connectivity index (χ0) is 29.0. The summed E-state index contributed by atoms with van der Waals surface area (Å²) in [4.78, 5) is 33.1. The molecular formula is C25H47NO13. The van der Waals surface area contributed by atoms with Crippen molar-refractivity contribution in [3.05, 3.63) is 0 Å². The average molecular weight is 570 g/mol. The van der Waals surface area contributed by atoms with Crippen LogP contribution in [0.3, 0.4) is 0 Å². The molecule has 0 saturated carbocycles. The topological polar surface area (TPSA) is 167 Å². The Hall–Kier alpha value is -1.91. The van der Waals surface area contributed by atoms with E-state index in [9.17, 15) is 14.4 Å². The molecule has 0 spiro atoms. The van der Waals surface area contributed by atoms with Crippen LogP contribution in [0, 0.1) is 0 Å². The van der Waals surface area contributed by atoms with Crippen LogP contribution in [-0.2, 0) is 57.0 Å². The van der Waals surface area contributed by atoms with E-state index in [4.69, 9.17) is 43.0 Å². The summed E-state index contributed by atoms with van der Waals surface area (Å²) >= 11 is 0. The first-order chi connectivity index (χ1) is 18.7. The molecule has 0 aliphatic rings. The Morgan fingerprint density at radius 1 is 0.564 bits per heavy atom. The van der Waals surface area contributed by atoms with Crippen LogP contribution in [-0.4, -0.2) is 141 Å². The number of nitrogens with one attached hydrogen (secondary N) is 1. The molecule has 14 nitrogen and oxygen atoms in total. The van der Waals surface area contributed by atoms with Gasteiger partial charge >= 0.3 is 11.9 Å². The number of carboxylic acid groups (broad SMARTS) is 1. The Morgan fingerprint density at radius 2 is 0.949 bits per heavy atom. The van der Waals surface area contributed by atoms with Gasteiger partial charge in [0.15, 0.2) is 0 Å². The number of rotatable bonds is 28. The molecule has 0 saturated heterocycles. The molecular weight excluding hydrogens is 522 g/mol. The second kappa shape index (κ2) is 26.3. The van der Waals surface area contributed by atoms with Gasteiger partial charge in [-0.05, 0) is 20.8 Å². The minimum atomic E-state index is -1.13. The fourth-order valence-electron chi connectivity index (χ4n) is 2.51. The van der Waals surface area contributed by atoms with Crippen molar-refractivity contribution in [2.75, 3.05) is 112 Å². The number of carboxylic acids is 1. The van der Waals surface area contributed by atoms with Crippen LogP contribution in [0.15, 0.2) is 0 Å². The van der Waals surface area contributed by atoms with Gasteiger partial charge in [-0.1, -0.05) is 0 Å². The maximum Gasteiger partial charge on any atom is 0.329 e. The van der Waals surface area contributed by atoms with Crippen molar-refractivity contribution in [3.8, 4) is 0 Å². The van der Waals surface area contributed by atoms with Crippen molar-refractivity contribution in [2.45, 2.75) is 32.8 Å². The van der Waals surface area contributed by atoms with Crippen LogP contribution in [0.1, 0.15) is 27.2 Å². The highest BCUT2D eigenvalue weighted by Gasteiger charge is 2.15. The van der Waals surface area contributed by atoms with E-state index in [2.05, 4.69) is 10.1 Å². The fourth-order valence-corrected chi connectivity index (χ4v) is 2.51. The van der Waals surface area contributed by atoms with Gasteiger partial charge in [-0.15, -0.1) is 0 Å². The van der Waals surface area contributed by atoms with Gasteiger partial charge in [-0.2, -0.15) is 0 Å². The number of hydrogen-bond donors (Lipinski definition) is 2. The van der Waals surface area contributed by atoms with E-state index < -0.39 is 24.1 Å². The molecule has 0 aromatic rings. The van der Waals surface area contributed by atoms with Gasteiger partial charge in [0.25, 0.3) is 0 Å². The summed E-state index contributed by atoms with van der Waals surface area (Å²) < 4.78 is 47.5. The highest BCUT2D eigenvalue weighted by molar-refractivity contribution is 5.77. The smallest absolute Gasteiger partial charge is 0.329 e. The largest absolute Gasteiger partial charge is 0.480 e. The van der Waals surface area contributed by atoms with Gasteiger partial charge in [-0.3, -0.25) is 9.59 Å². The fraction of sp³-hybridized carbons (Fsp3) is 0.880. The average Bonchev–Trinajstić information content (AvgIpc) is 2.85. The van der Waals surface area contributed by atoms with E-state index in [1.54, 1.807) is 0 Å². The lowest BCUT2D eigenvalue weighted by atomic mass is 10.2. The summed E-state index contributed by atoms with van der Waals surface area (Å²) in [6.07, 6.45) is 0.220. The summed E-state index contributed by atoms with van der Waals surface area (Å²) in [5.41, 5.74) is -0.482. The first kappa shape index (κ1) is 37.1. The van der Waals surface area contributed by atoms with Gasteiger partial charge in [0.1, 0.15) is 18.8 Å². The molecule has 1 amide bonds. The maximum atomic E-state index is 11.5. The monoisotopic (exact) mass is 569 g/mol. The quantitative estimate of drug-likeness (QED) is 0.0959. The number of ether oxygens (including phenoxy) is 9. The van der Waals surface area contributed by atoms with Crippen LogP contribution in [0.4, 0.5) is 0 Å². The molecule has 2 N–H and O–H groups in total. The lowest BCUT2D eigenvalue weighted by Gasteiger charge is -2.19. The number of carbonyl (C=O) groups is 3. The highest BCUT2D eigenvalue weighted by atomic mass is 16.6. The van der Waals surface area contributed by atoms with E-state index in [0.29, 0.717) is 99.0 Å². The summed E-state index contributed by atoms with van der Waals surface area (Å²) in [6, 6.07) is 0. The van der Waals surface area contributed by atoms with Crippen molar-refractivity contribution >= 4 is 17.8 Å². The second-order valence-electron chi connectivity index (χ2n) is 8.86. The molecule has 0 aliphatic carbocycles. The Morgan fingerprint density at radius 3 is 1.33 bits per heavy atom. The van der Waals surface area contributed by atoms with E-state index in [1.165, 1.54) is 0 Å². The zero-order valence-electron chi connectivity index (χ0n) is 23.6. The second-order valence-corrected chi connectivity index (χ2v) is 8.86. The zero-order valence-corrected chi connectivity index (χ0v) is 23.6. The minimum Gasteiger partial charge on any atom is -0.480 e. The normalized spacial score (nSPS) is 11.5. The van der Waals surface area contributed by atoms with E-state index >= 15 is 0 Å². The molecule has 0 unspecified atom stereocenters. The Balaban J connectivity index is 3.17. The van der Waals surface area contributed by atoms with Crippen LogP contribution >= 0.6 is 0 Å². The summed E-state index contributed by atoms with van der Waals surface area (Å²) in [7, 11) is 0. The van der Waals surface area contributed by atoms with E-state index in [0.717, 1.165) is 0 Å². The standard InChI is InChI=1S/C25H47NO13/c1-25(2,3)39-24(30)4-6-31-8-10-33-12-14-35-16-18-37-19-17-36-15-13-34-11-9-32-7-5-26-22(27)20-38-21-23(28)29/h4-21H2,1-3H3,(H,26,27)(H,28,29). The molecule has 0 heterocycles. The number of carbonyl (C=O) groups excluding carboxylic acids is 2. The number of hydrogen-bond acceptors (Lipinski definition) is 12. The van der Waals surface area contributed by atoms with Crippen LogP contribution in [0.2, 0.25) is 0 Å². The van der Waals surface area contributed by atoms with Crippen LogP contribution in [0.25, 0.3) is 0 Å². The Labute approximate surface area is 230 Å². The molecule has 0 fully saturated rings. The van der Waals surface area contributed by atoms with Crippen molar-refractivity contribution in [1.29, 1.82) is 0 Å². The predicted molar refractivity (Wildman–Crippen MR) is 138 cm³/mol. The molecule has 0 aliphatic heterocycles. The first-order valence-electron chi connectivity index (χ1n) is 13.0. The molecule has 0 bridgehead atoms. The third kappa shape index (κ3) is 32.2. The van der Waals surface area contributed by atoms with Gasteiger partial charge in [0.05, 0.1) is 98.9 Å². The SMILES string of the molecule is CC(C)(C)OC(=O)CCOCCOCCOCCOCCOCCOCCOCCNC(=O)COCC(=O)O. The molecule has 0 rings (SSSR count). The van der Waals surface area contributed by atoms with Crippen LogP contribution < -0.4 is 5.32 Å². The Bertz CT molecular complexity index is 613. The lowest BCUT2D eigenvalue weighted by Crippen LogP contribution is -2.31. The molecule has 0 radical (unpaired) electrons. The predicted octanol–water partition coefficient (Wildman–Crippen LogP) is 0.0518. The lowest BCUT2D eigenvalue weighted by molar-refractivity contribution is -0.156. The van der Waals surface area contributed by atoms with Crippen molar-refractivity contribution in [1.82, 2.24) is 5.32 Å². The van der Waals surface area contributed by atoms with Gasteiger partial charge in [-0.25, -0.2) is 4.79 Å². The Kier molecular flexibility index (Phi) is 25.0. The first-order valence-corrected chi connectivity index (χ1v) is 13.0. The minimum absolute atomic E-state index is 0.220. The number of amides is 1. The molecule has 0 aromatic carbocycles. The van der Waals surface area contributed by atoms with Crippen molar-refractivity contribution in [3.63, 3.8) is 0 Å². The molecule has 14 heteroatoms. The summed E-state index contributed by atoms with van der Waals surface area (Å²) in [6.45, 7) is 10.8. The van der Waals surface area contributed by atoms with Gasteiger partial charge in [0.2, 0.25) is 5.91 Å². The van der Waals surface area contributed by atoms with Crippen molar-refractivity contribution < 1.29 is 62.1 Å². The van der Waals surface area contributed by atoms with Crippen molar-refractivity contribution in [2.24, 2.45) is 0 Å². The molecule has 39 heavy (non-hydrogen) atoms. The number of esters is 1. The molecule has 0 atom stereocenters.